The van der Waals surface area contributed by atoms with Crippen LogP contribution in [0, 0.1) is 27.2 Å². The highest BCUT2D eigenvalue weighted by Crippen LogP contribution is 2.65. The second-order valence-corrected chi connectivity index (χ2v) is 16.8. The predicted molar refractivity (Wildman–Crippen MR) is 215 cm³/mol. The van der Waals surface area contributed by atoms with Gasteiger partial charge in [0.1, 0.15) is 5.75 Å². The molecule has 0 spiro atoms. The van der Waals surface area contributed by atoms with E-state index in [0.717, 1.165) is 8.58 Å². The number of hydrogen-bond acceptors (Lipinski definition) is 8. The number of carbonyl (C=O) groups is 4. The monoisotopic (exact) mass is 941 g/mol. The summed E-state index contributed by atoms with van der Waals surface area (Å²) in [6, 6.07) is 22.1. The molecule has 14 heteroatoms. The predicted octanol–water partition coefficient (Wildman–Crippen LogP) is 8.27. The van der Waals surface area contributed by atoms with Gasteiger partial charge < -0.3 is 14.6 Å². The molecule has 2 N–H and O–H groups in total. The minimum absolute atomic E-state index is 0.0675. The second kappa shape index (κ2) is 13.9. The molecule has 54 heavy (non-hydrogen) atoms. The van der Waals surface area contributed by atoms with E-state index in [1.165, 1.54) is 25.2 Å². The molecule has 2 aliphatic carbocycles. The number of nitrogens with zero attached hydrogens (tertiary/aromatic N) is 2. The molecule has 0 bridgehead atoms. The number of fused-ring (bicyclic) bond motifs is 4. The van der Waals surface area contributed by atoms with Crippen LogP contribution in [0.2, 0.25) is 10.0 Å². The van der Waals surface area contributed by atoms with E-state index >= 15 is 4.79 Å². The van der Waals surface area contributed by atoms with E-state index in [-0.39, 0.29) is 46.9 Å². The molecule has 4 aliphatic rings. The van der Waals surface area contributed by atoms with Gasteiger partial charge in [-0.2, -0.15) is 5.01 Å². The van der Waals surface area contributed by atoms with Gasteiger partial charge in [-0.05, 0) is 114 Å². The van der Waals surface area contributed by atoms with Gasteiger partial charge in [-0.1, -0.05) is 62.9 Å². The molecule has 6 atom stereocenters. The number of anilines is 2. The number of hydrazine groups is 1. The highest BCUT2D eigenvalue weighted by Gasteiger charge is 2.71. The fourth-order valence-corrected chi connectivity index (χ4v) is 10.3. The first-order valence-electron chi connectivity index (χ1n) is 17.0. The number of phenolic OH excluding ortho intramolecular Hbond substituents is 1. The number of phenols is 1. The van der Waals surface area contributed by atoms with Gasteiger partial charge in [0.15, 0.2) is 11.5 Å². The van der Waals surface area contributed by atoms with E-state index in [9.17, 15) is 19.5 Å². The number of benzene rings is 4. The number of halogens is 4. The first-order chi connectivity index (χ1) is 25.9. The largest absolute Gasteiger partial charge is 0.504 e. The van der Waals surface area contributed by atoms with Crippen molar-refractivity contribution in [3.05, 3.63) is 120 Å². The van der Waals surface area contributed by atoms with Crippen molar-refractivity contribution in [1.29, 1.82) is 0 Å². The average molecular weight is 943 g/mol. The van der Waals surface area contributed by atoms with Gasteiger partial charge >= 0.3 is 0 Å². The first kappa shape index (κ1) is 36.8. The SMILES string of the molecule is COc1ccc([C@@]23C(=O)N(Nc4ccc(Cl)cc4Cl)C(=O)[C@@H]2C[C@@H]2C(=CC[C@@H]4C(=O)N(c5ccc(I)cc5)C(=O)[C@@H]42)[C@@H]3c2cc(Br)cc(OC)c2O)cc1. The van der Waals surface area contributed by atoms with Gasteiger partial charge in [-0.15, -0.1) is 0 Å². The maximum Gasteiger partial charge on any atom is 0.260 e. The lowest BCUT2D eigenvalue weighted by Gasteiger charge is -2.50. The summed E-state index contributed by atoms with van der Waals surface area (Å²) in [4.78, 5) is 60.4. The number of nitrogens with one attached hydrogen (secondary N) is 1. The number of carbonyl (C=O) groups excluding carboxylic acids is 4. The number of aromatic hydroxyl groups is 1. The average Bonchev–Trinajstić information content (AvgIpc) is 3.54. The number of hydrogen-bond donors (Lipinski definition) is 2. The van der Waals surface area contributed by atoms with E-state index < -0.39 is 46.8 Å². The zero-order valence-corrected chi connectivity index (χ0v) is 33.9. The van der Waals surface area contributed by atoms with Crippen LogP contribution < -0.4 is 19.8 Å². The smallest absolute Gasteiger partial charge is 0.260 e. The summed E-state index contributed by atoms with van der Waals surface area (Å²) in [6.45, 7) is 0. The number of rotatable bonds is 7. The Balaban J connectivity index is 1.36. The first-order valence-corrected chi connectivity index (χ1v) is 19.7. The summed E-state index contributed by atoms with van der Waals surface area (Å²) in [5.41, 5.74) is 3.56. The molecule has 0 radical (unpaired) electrons. The van der Waals surface area contributed by atoms with Crippen molar-refractivity contribution in [2.24, 2.45) is 23.7 Å². The standard InChI is InChI=1S/C40H31BrCl2IN3O7/c1-53-24-10-3-19(4-11-24)40-29(37(50)47(39(40)52)45-31-14-5-21(42)17-30(31)43)18-27-25(34(40)28-15-20(41)16-32(54-2)35(28)48)12-13-26-33(27)38(51)46(36(26)49)23-8-6-22(44)7-9-23/h3-12,14-17,26-27,29,33-34,45,48H,13,18H2,1-2H3/t26-,27+,29-,33-,34+,40+/m0/s1. The summed E-state index contributed by atoms with van der Waals surface area (Å²) in [7, 11) is 2.96. The van der Waals surface area contributed by atoms with Crippen molar-refractivity contribution in [1.82, 2.24) is 5.01 Å². The molecule has 0 aromatic heterocycles. The number of methoxy groups -OCH3 is 2. The lowest BCUT2D eigenvalue weighted by molar-refractivity contribution is -0.138. The summed E-state index contributed by atoms with van der Waals surface area (Å²) in [5, 5.41) is 13.5. The van der Waals surface area contributed by atoms with Crippen molar-refractivity contribution >= 4 is 96.7 Å². The lowest BCUT2D eigenvalue weighted by atomic mass is 9.49. The van der Waals surface area contributed by atoms with Gasteiger partial charge in [-0.3, -0.25) is 29.5 Å². The van der Waals surface area contributed by atoms with E-state index in [1.807, 2.05) is 18.2 Å². The third-order valence-corrected chi connectivity index (χ3v) is 13.0. The van der Waals surface area contributed by atoms with E-state index in [0.29, 0.717) is 37.6 Å². The molecule has 4 amide bonds. The van der Waals surface area contributed by atoms with Crippen molar-refractivity contribution in [2.45, 2.75) is 24.2 Å². The highest BCUT2D eigenvalue weighted by molar-refractivity contribution is 14.1. The summed E-state index contributed by atoms with van der Waals surface area (Å²) in [6.07, 6.45) is 2.22. The molecule has 8 rings (SSSR count). The van der Waals surface area contributed by atoms with E-state index in [2.05, 4.69) is 43.9 Å². The van der Waals surface area contributed by atoms with Crippen molar-refractivity contribution in [3.63, 3.8) is 0 Å². The van der Waals surface area contributed by atoms with Crippen LogP contribution in [0.1, 0.15) is 29.9 Å². The third kappa shape index (κ3) is 5.54. The van der Waals surface area contributed by atoms with Crippen molar-refractivity contribution < 1.29 is 33.8 Å². The number of amides is 4. The van der Waals surface area contributed by atoms with Crippen LogP contribution in [-0.4, -0.2) is 48.0 Å². The maximum absolute atomic E-state index is 15.5. The molecule has 276 valence electrons. The van der Waals surface area contributed by atoms with Crippen LogP contribution in [-0.2, 0) is 24.6 Å². The summed E-state index contributed by atoms with van der Waals surface area (Å²) >= 11 is 18.5. The Morgan fingerprint density at radius 3 is 2.28 bits per heavy atom. The van der Waals surface area contributed by atoms with Crippen LogP contribution in [0.25, 0.3) is 0 Å². The van der Waals surface area contributed by atoms with Crippen LogP contribution in [0.3, 0.4) is 0 Å². The molecular formula is C40H31BrCl2IN3O7. The van der Waals surface area contributed by atoms with E-state index in [1.54, 1.807) is 60.7 Å². The zero-order valence-electron chi connectivity index (χ0n) is 28.7. The molecular weight excluding hydrogens is 912 g/mol. The van der Waals surface area contributed by atoms with Gasteiger partial charge in [-0.25, -0.2) is 0 Å². The van der Waals surface area contributed by atoms with Crippen molar-refractivity contribution in [2.75, 3.05) is 24.5 Å². The van der Waals surface area contributed by atoms with Crippen LogP contribution in [0.5, 0.6) is 17.2 Å². The quantitative estimate of drug-likeness (QED) is 0.108. The fourth-order valence-electron chi connectivity index (χ4n) is 9.00. The minimum atomic E-state index is -1.66. The van der Waals surface area contributed by atoms with Gasteiger partial charge in [0.25, 0.3) is 11.8 Å². The van der Waals surface area contributed by atoms with Crippen LogP contribution in [0.15, 0.2) is 95.0 Å². The number of ether oxygens (including phenoxy) is 2. The normalized spacial score (nSPS) is 26.0. The third-order valence-electron chi connectivity index (χ3n) is 11.3. The summed E-state index contributed by atoms with van der Waals surface area (Å²) in [5.74, 6) is -5.57. The molecule has 2 aliphatic heterocycles. The molecule has 3 fully saturated rings. The fraction of sp³-hybridized carbons (Fsp3) is 0.250. The van der Waals surface area contributed by atoms with Gasteiger partial charge in [0, 0.05) is 24.5 Å². The Morgan fingerprint density at radius 1 is 0.889 bits per heavy atom. The Bertz CT molecular complexity index is 2290. The zero-order chi connectivity index (χ0) is 38.2. The molecule has 1 saturated carbocycles. The molecule has 2 saturated heterocycles. The Morgan fingerprint density at radius 2 is 1.61 bits per heavy atom. The lowest BCUT2D eigenvalue weighted by Crippen LogP contribution is -2.53. The Labute approximate surface area is 342 Å². The topological polar surface area (TPSA) is 125 Å². The number of imide groups is 2. The number of allylic oxidation sites excluding steroid dienone is 2. The molecule has 4 aromatic carbocycles. The highest BCUT2D eigenvalue weighted by atomic mass is 127. The molecule has 4 aromatic rings. The van der Waals surface area contributed by atoms with Gasteiger partial charge in [0.05, 0.1) is 53.8 Å². The molecule has 10 nitrogen and oxygen atoms in total. The summed E-state index contributed by atoms with van der Waals surface area (Å²) < 4.78 is 12.6. The van der Waals surface area contributed by atoms with Crippen LogP contribution in [0.4, 0.5) is 11.4 Å². The Kier molecular flexibility index (Phi) is 9.47. The second-order valence-electron chi connectivity index (χ2n) is 13.7. The maximum atomic E-state index is 15.5. The minimum Gasteiger partial charge on any atom is -0.504 e. The molecule has 2 heterocycles. The van der Waals surface area contributed by atoms with E-state index in [4.69, 9.17) is 32.7 Å². The molecule has 0 unspecified atom stereocenters. The Hall–Kier alpha value is -4.11. The van der Waals surface area contributed by atoms with Gasteiger partial charge in [0.2, 0.25) is 11.8 Å². The van der Waals surface area contributed by atoms with Crippen molar-refractivity contribution in [3.8, 4) is 17.2 Å². The van der Waals surface area contributed by atoms with Crippen LogP contribution >= 0.6 is 61.7 Å².